The van der Waals surface area contributed by atoms with Crippen LogP contribution in [0.2, 0.25) is 0 Å². The molecular weight excluding hydrogens is 256 g/mol. The number of hydrogen-bond acceptors (Lipinski definition) is 4. The molecule has 1 spiro atoms. The summed E-state index contributed by atoms with van der Waals surface area (Å²) in [5, 5.41) is 8.48. The molecule has 0 aromatic rings. The van der Waals surface area contributed by atoms with E-state index in [1.54, 1.807) is 0 Å². The van der Waals surface area contributed by atoms with E-state index >= 15 is 0 Å². The number of carbonyl (C=O) groups is 2. The minimum atomic E-state index is -0.389. The summed E-state index contributed by atoms with van der Waals surface area (Å²) >= 11 is 0. The van der Waals surface area contributed by atoms with E-state index in [-0.39, 0.29) is 11.9 Å². The summed E-state index contributed by atoms with van der Waals surface area (Å²) in [6.07, 6.45) is 2.34. The van der Waals surface area contributed by atoms with Crippen molar-refractivity contribution in [3.63, 3.8) is 0 Å². The van der Waals surface area contributed by atoms with Crippen LogP contribution in [0.3, 0.4) is 0 Å². The number of rotatable bonds is 4. The predicted octanol–water partition coefficient (Wildman–Crippen LogP) is 0.154. The second-order valence-electron chi connectivity index (χ2n) is 6.54. The molecule has 0 saturated carbocycles. The highest BCUT2D eigenvalue weighted by Crippen LogP contribution is 2.35. The Morgan fingerprint density at radius 3 is 2.80 bits per heavy atom. The van der Waals surface area contributed by atoms with Gasteiger partial charge in [0.1, 0.15) is 0 Å². The molecule has 0 aliphatic carbocycles. The molecule has 0 aromatic heterocycles. The first-order chi connectivity index (χ1) is 9.49. The number of urea groups is 1. The Morgan fingerprint density at radius 2 is 2.15 bits per heavy atom. The van der Waals surface area contributed by atoms with Gasteiger partial charge in [-0.25, -0.2) is 4.79 Å². The van der Waals surface area contributed by atoms with Crippen molar-refractivity contribution in [3.05, 3.63) is 0 Å². The van der Waals surface area contributed by atoms with Crippen molar-refractivity contribution < 1.29 is 9.59 Å². The zero-order valence-corrected chi connectivity index (χ0v) is 12.5. The summed E-state index contributed by atoms with van der Waals surface area (Å²) in [7, 11) is 0. The van der Waals surface area contributed by atoms with Crippen LogP contribution in [0, 0.1) is 11.3 Å². The molecule has 2 fully saturated rings. The molecule has 3 N–H and O–H groups in total. The number of likely N-dealkylation sites (tertiary alicyclic amines) is 1. The lowest BCUT2D eigenvalue weighted by Gasteiger charge is -2.22. The second-order valence-corrected chi connectivity index (χ2v) is 6.54. The van der Waals surface area contributed by atoms with Crippen LogP contribution in [0.25, 0.3) is 0 Å². The molecule has 2 saturated heterocycles. The highest BCUT2D eigenvalue weighted by molar-refractivity contribution is 5.95. The first-order valence-electron chi connectivity index (χ1n) is 7.50. The Morgan fingerprint density at radius 1 is 1.35 bits per heavy atom. The number of amides is 3. The minimum Gasteiger partial charge on any atom is -0.338 e. The lowest BCUT2D eigenvalue weighted by molar-refractivity contribution is -0.121. The molecule has 0 bridgehead atoms. The van der Waals surface area contributed by atoms with E-state index in [2.05, 4.69) is 20.9 Å². The summed E-state index contributed by atoms with van der Waals surface area (Å²) in [4.78, 5) is 25.5. The monoisotopic (exact) mass is 282 g/mol. The van der Waals surface area contributed by atoms with Crippen molar-refractivity contribution in [1.29, 1.82) is 0 Å². The SMILES string of the molecule is CC(C)CNC(=O)NC(=O)CN1CCC2(CCNC2)C1. The lowest BCUT2D eigenvalue weighted by atomic mass is 9.87. The summed E-state index contributed by atoms with van der Waals surface area (Å²) < 4.78 is 0. The molecule has 0 aromatic carbocycles. The molecule has 2 heterocycles. The van der Waals surface area contributed by atoms with Crippen LogP contribution < -0.4 is 16.0 Å². The van der Waals surface area contributed by atoms with Crippen molar-refractivity contribution in [1.82, 2.24) is 20.9 Å². The van der Waals surface area contributed by atoms with Gasteiger partial charge >= 0.3 is 6.03 Å². The highest BCUT2D eigenvalue weighted by atomic mass is 16.2. The van der Waals surface area contributed by atoms with E-state index in [1.807, 2.05) is 13.8 Å². The summed E-state index contributed by atoms with van der Waals surface area (Å²) in [5.41, 5.74) is 0.361. The first-order valence-corrected chi connectivity index (χ1v) is 7.50. The van der Waals surface area contributed by atoms with Gasteiger partial charge in [-0.15, -0.1) is 0 Å². The highest BCUT2D eigenvalue weighted by Gasteiger charge is 2.40. The molecule has 1 unspecified atom stereocenters. The van der Waals surface area contributed by atoms with Crippen molar-refractivity contribution in [2.75, 3.05) is 39.3 Å². The van der Waals surface area contributed by atoms with E-state index in [0.29, 0.717) is 24.4 Å². The Bertz CT molecular complexity index is 364. The van der Waals surface area contributed by atoms with Crippen LogP contribution in [-0.2, 0) is 4.79 Å². The quantitative estimate of drug-likeness (QED) is 0.686. The maximum atomic E-state index is 11.8. The number of nitrogens with zero attached hydrogens (tertiary/aromatic N) is 1. The zero-order valence-electron chi connectivity index (χ0n) is 12.5. The van der Waals surface area contributed by atoms with Gasteiger partial charge in [0, 0.05) is 19.6 Å². The number of hydrogen-bond donors (Lipinski definition) is 3. The molecule has 3 amide bonds. The molecular formula is C14H26N4O2. The fraction of sp³-hybridized carbons (Fsp3) is 0.857. The summed E-state index contributed by atoms with van der Waals surface area (Å²) in [6.45, 7) is 8.97. The van der Waals surface area contributed by atoms with Gasteiger partial charge in [-0.1, -0.05) is 13.8 Å². The van der Waals surface area contributed by atoms with Gasteiger partial charge in [-0.2, -0.15) is 0 Å². The largest absolute Gasteiger partial charge is 0.338 e. The number of carbonyl (C=O) groups excluding carboxylic acids is 2. The molecule has 2 rings (SSSR count). The van der Waals surface area contributed by atoms with Crippen molar-refractivity contribution in [2.45, 2.75) is 26.7 Å². The average Bonchev–Trinajstić information content (AvgIpc) is 2.98. The summed E-state index contributed by atoms with van der Waals surface area (Å²) in [6, 6.07) is -0.389. The Labute approximate surface area is 120 Å². The topological polar surface area (TPSA) is 73.5 Å². The Balaban J connectivity index is 1.68. The van der Waals surface area contributed by atoms with E-state index in [1.165, 1.54) is 6.42 Å². The molecule has 6 nitrogen and oxygen atoms in total. The van der Waals surface area contributed by atoms with Gasteiger partial charge in [0.15, 0.2) is 0 Å². The zero-order chi connectivity index (χ0) is 14.6. The van der Waals surface area contributed by atoms with Crippen molar-refractivity contribution >= 4 is 11.9 Å². The molecule has 2 aliphatic rings. The van der Waals surface area contributed by atoms with Gasteiger partial charge in [0.2, 0.25) is 5.91 Å². The minimum absolute atomic E-state index is 0.214. The third kappa shape index (κ3) is 4.18. The molecule has 1 atom stereocenters. The van der Waals surface area contributed by atoms with E-state index in [0.717, 1.165) is 32.6 Å². The van der Waals surface area contributed by atoms with Crippen LogP contribution in [0.1, 0.15) is 26.7 Å². The van der Waals surface area contributed by atoms with E-state index in [4.69, 9.17) is 0 Å². The standard InChI is InChI=1S/C14H26N4O2/c1-11(2)7-16-13(20)17-12(19)8-18-6-4-14(10-18)3-5-15-9-14/h11,15H,3-10H2,1-2H3,(H2,16,17,19,20). The Hall–Kier alpha value is -1.14. The number of imide groups is 1. The fourth-order valence-corrected chi connectivity index (χ4v) is 3.02. The van der Waals surface area contributed by atoms with Crippen LogP contribution in [-0.4, -0.2) is 56.1 Å². The van der Waals surface area contributed by atoms with Gasteiger partial charge in [-0.3, -0.25) is 15.0 Å². The fourth-order valence-electron chi connectivity index (χ4n) is 3.02. The van der Waals surface area contributed by atoms with Crippen LogP contribution >= 0.6 is 0 Å². The van der Waals surface area contributed by atoms with Crippen LogP contribution in [0.15, 0.2) is 0 Å². The second kappa shape index (κ2) is 6.54. The van der Waals surface area contributed by atoms with Crippen LogP contribution in [0.5, 0.6) is 0 Å². The van der Waals surface area contributed by atoms with E-state index in [9.17, 15) is 9.59 Å². The van der Waals surface area contributed by atoms with Gasteiger partial charge in [0.05, 0.1) is 6.54 Å². The summed E-state index contributed by atoms with van der Waals surface area (Å²) in [5.74, 6) is 0.165. The normalized spacial score (nSPS) is 26.4. The van der Waals surface area contributed by atoms with E-state index < -0.39 is 0 Å². The predicted molar refractivity (Wildman–Crippen MR) is 77.4 cm³/mol. The van der Waals surface area contributed by atoms with Gasteiger partial charge in [-0.05, 0) is 37.3 Å². The molecule has 20 heavy (non-hydrogen) atoms. The van der Waals surface area contributed by atoms with Crippen LogP contribution in [0.4, 0.5) is 4.79 Å². The Kier molecular flexibility index (Phi) is 4.99. The lowest BCUT2D eigenvalue weighted by Crippen LogP contribution is -2.45. The maximum absolute atomic E-state index is 11.8. The molecule has 114 valence electrons. The smallest absolute Gasteiger partial charge is 0.321 e. The number of nitrogens with one attached hydrogen (secondary N) is 3. The first kappa shape index (κ1) is 15.3. The average molecular weight is 282 g/mol. The molecule has 6 heteroatoms. The van der Waals surface area contributed by atoms with Crippen molar-refractivity contribution in [2.24, 2.45) is 11.3 Å². The van der Waals surface area contributed by atoms with Gasteiger partial charge < -0.3 is 10.6 Å². The van der Waals surface area contributed by atoms with Gasteiger partial charge in [0.25, 0.3) is 0 Å². The molecule has 0 radical (unpaired) electrons. The third-order valence-electron chi connectivity index (χ3n) is 4.14. The third-order valence-corrected chi connectivity index (χ3v) is 4.14. The van der Waals surface area contributed by atoms with Crippen molar-refractivity contribution in [3.8, 4) is 0 Å². The maximum Gasteiger partial charge on any atom is 0.321 e. The molecule has 2 aliphatic heterocycles.